The van der Waals surface area contributed by atoms with Crippen molar-refractivity contribution >= 4 is 5.69 Å². The highest BCUT2D eigenvalue weighted by molar-refractivity contribution is 5.37. The molecule has 1 aliphatic rings. The summed E-state index contributed by atoms with van der Waals surface area (Å²) < 4.78 is 0. The molecular formula is C12H19N3O. The van der Waals surface area contributed by atoms with E-state index in [-0.39, 0.29) is 0 Å². The minimum absolute atomic E-state index is 0.557. The SMILES string of the molecule is CC1(O)CCCN(Cc2cc(N)ccn2)C1. The first-order chi connectivity index (χ1) is 7.55. The normalized spacial score (nSPS) is 26.9. The van der Waals surface area contributed by atoms with Crippen molar-refractivity contribution in [1.82, 2.24) is 9.88 Å². The highest BCUT2D eigenvalue weighted by Crippen LogP contribution is 2.21. The van der Waals surface area contributed by atoms with E-state index < -0.39 is 5.60 Å². The van der Waals surface area contributed by atoms with Crippen LogP contribution in [0.2, 0.25) is 0 Å². The predicted octanol–water partition coefficient (Wildman–Crippen LogP) is 1.01. The Morgan fingerprint density at radius 2 is 2.44 bits per heavy atom. The van der Waals surface area contributed by atoms with Gasteiger partial charge in [0, 0.05) is 25.0 Å². The smallest absolute Gasteiger partial charge is 0.0746 e. The largest absolute Gasteiger partial charge is 0.399 e. The molecule has 1 aliphatic heterocycles. The molecule has 4 nitrogen and oxygen atoms in total. The molecule has 0 bridgehead atoms. The van der Waals surface area contributed by atoms with E-state index in [0.29, 0.717) is 6.54 Å². The molecule has 2 heterocycles. The number of aromatic nitrogens is 1. The lowest BCUT2D eigenvalue weighted by Gasteiger charge is -2.36. The van der Waals surface area contributed by atoms with Crippen molar-refractivity contribution in [2.75, 3.05) is 18.8 Å². The lowest BCUT2D eigenvalue weighted by Crippen LogP contribution is -2.45. The van der Waals surface area contributed by atoms with Crippen LogP contribution in [-0.2, 0) is 6.54 Å². The first-order valence-electron chi connectivity index (χ1n) is 5.70. The molecule has 0 radical (unpaired) electrons. The zero-order chi connectivity index (χ0) is 11.6. The van der Waals surface area contributed by atoms with E-state index in [1.54, 1.807) is 12.3 Å². The summed E-state index contributed by atoms with van der Waals surface area (Å²) in [6.07, 6.45) is 3.65. The van der Waals surface area contributed by atoms with Crippen LogP contribution < -0.4 is 5.73 Å². The second-order valence-corrected chi connectivity index (χ2v) is 4.89. The average molecular weight is 221 g/mol. The van der Waals surface area contributed by atoms with E-state index in [2.05, 4.69) is 9.88 Å². The number of rotatable bonds is 2. The van der Waals surface area contributed by atoms with Crippen molar-refractivity contribution < 1.29 is 5.11 Å². The first kappa shape index (κ1) is 11.4. The van der Waals surface area contributed by atoms with Crippen molar-refractivity contribution in [1.29, 1.82) is 0 Å². The number of nitrogen functional groups attached to an aromatic ring is 1. The third kappa shape index (κ3) is 2.93. The summed E-state index contributed by atoms with van der Waals surface area (Å²) in [6, 6.07) is 3.68. The molecule has 1 aromatic rings. The summed E-state index contributed by atoms with van der Waals surface area (Å²) >= 11 is 0. The van der Waals surface area contributed by atoms with Crippen molar-refractivity contribution in [2.24, 2.45) is 0 Å². The minimum atomic E-state index is -0.557. The lowest BCUT2D eigenvalue weighted by molar-refractivity contribution is -0.0184. The monoisotopic (exact) mass is 221 g/mol. The van der Waals surface area contributed by atoms with E-state index in [9.17, 15) is 5.11 Å². The molecule has 1 aromatic heterocycles. The molecule has 1 saturated heterocycles. The van der Waals surface area contributed by atoms with Crippen molar-refractivity contribution in [3.8, 4) is 0 Å². The Labute approximate surface area is 96.1 Å². The second kappa shape index (κ2) is 4.39. The number of nitrogens with zero attached hydrogens (tertiary/aromatic N) is 2. The number of nitrogens with two attached hydrogens (primary N) is 1. The molecule has 3 N–H and O–H groups in total. The van der Waals surface area contributed by atoms with E-state index in [1.165, 1.54) is 0 Å². The third-order valence-electron chi connectivity index (χ3n) is 2.98. The molecule has 1 fully saturated rings. The molecule has 0 aromatic carbocycles. The molecule has 0 aliphatic carbocycles. The van der Waals surface area contributed by atoms with Crippen LogP contribution in [0.25, 0.3) is 0 Å². The Morgan fingerprint density at radius 1 is 1.62 bits per heavy atom. The van der Waals surface area contributed by atoms with Crippen molar-refractivity contribution in [3.05, 3.63) is 24.0 Å². The van der Waals surface area contributed by atoms with Gasteiger partial charge in [-0.25, -0.2) is 0 Å². The van der Waals surface area contributed by atoms with Gasteiger partial charge in [0.25, 0.3) is 0 Å². The van der Waals surface area contributed by atoms with Crippen LogP contribution in [0.1, 0.15) is 25.5 Å². The minimum Gasteiger partial charge on any atom is -0.399 e. The second-order valence-electron chi connectivity index (χ2n) is 4.89. The average Bonchev–Trinajstić information content (AvgIpc) is 2.15. The Hall–Kier alpha value is -1.13. The van der Waals surface area contributed by atoms with Crippen LogP contribution in [0.5, 0.6) is 0 Å². The number of pyridine rings is 1. The summed E-state index contributed by atoms with van der Waals surface area (Å²) in [5.41, 5.74) is 6.87. The molecule has 4 heteroatoms. The van der Waals surface area contributed by atoms with E-state index in [0.717, 1.165) is 37.3 Å². The number of aliphatic hydroxyl groups is 1. The fourth-order valence-electron chi connectivity index (χ4n) is 2.27. The van der Waals surface area contributed by atoms with Gasteiger partial charge in [0.05, 0.1) is 11.3 Å². The molecule has 1 atom stereocenters. The topological polar surface area (TPSA) is 62.4 Å². The van der Waals surface area contributed by atoms with E-state index in [4.69, 9.17) is 5.73 Å². The van der Waals surface area contributed by atoms with Crippen LogP contribution in [0, 0.1) is 0 Å². The maximum Gasteiger partial charge on any atom is 0.0746 e. The zero-order valence-corrected chi connectivity index (χ0v) is 9.69. The van der Waals surface area contributed by atoms with Crippen LogP contribution >= 0.6 is 0 Å². The summed E-state index contributed by atoms with van der Waals surface area (Å²) in [4.78, 5) is 6.51. The highest BCUT2D eigenvalue weighted by Gasteiger charge is 2.28. The molecule has 2 rings (SSSR count). The number of likely N-dealkylation sites (tertiary alicyclic amines) is 1. The van der Waals surface area contributed by atoms with Crippen molar-refractivity contribution in [3.63, 3.8) is 0 Å². The Morgan fingerprint density at radius 3 is 3.12 bits per heavy atom. The van der Waals surface area contributed by atoms with Crippen LogP contribution in [0.4, 0.5) is 5.69 Å². The van der Waals surface area contributed by atoms with Crippen LogP contribution in [0.3, 0.4) is 0 Å². The number of anilines is 1. The maximum absolute atomic E-state index is 9.99. The van der Waals surface area contributed by atoms with Gasteiger partial charge in [-0.3, -0.25) is 9.88 Å². The number of β-amino-alcohol motifs (C(OH)–C–C–N with tert-alkyl or cyclic N) is 1. The lowest BCUT2D eigenvalue weighted by atomic mass is 9.95. The van der Waals surface area contributed by atoms with Gasteiger partial charge in [-0.1, -0.05) is 0 Å². The number of hydrogen-bond acceptors (Lipinski definition) is 4. The summed E-state index contributed by atoms with van der Waals surface area (Å²) in [5.74, 6) is 0. The fourth-order valence-corrected chi connectivity index (χ4v) is 2.27. The Balaban J connectivity index is 1.99. The summed E-state index contributed by atoms with van der Waals surface area (Å²) in [5, 5.41) is 9.99. The maximum atomic E-state index is 9.99. The fraction of sp³-hybridized carbons (Fsp3) is 0.583. The summed E-state index contributed by atoms with van der Waals surface area (Å²) in [6.45, 7) is 4.39. The van der Waals surface area contributed by atoms with Gasteiger partial charge in [-0.15, -0.1) is 0 Å². The number of piperidine rings is 1. The van der Waals surface area contributed by atoms with Gasteiger partial charge in [0.1, 0.15) is 0 Å². The van der Waals surface area contributed by atoms with Gasteiger partial charge in [0.15, 0.2) is 0 Å². The molecule has 1 unspecified atom stereocenters. The van der Waals surface area contributed by atoms with Gasteiger partial charge in [-0.05, 0) is 38.4 Å². The molecule has 88 valence electrons. The summed E-state index contributed by atoms with van der Waals surface area (Å²) in [7, 11) is 0. The standard InChI is InChI=1S/C12H19N3O/c1-12(16)4-2-6-15(9-12)8-11-7-10(13)3-5-14-11/h3,5,7,16H,2,4,6,8-9H2,1H3,(H2,13,14). The molecular weight excluding hydrogens is 202 g/mol. The van der Waals surface area contributed by atoms with Crippen molar-refractivity contribution in [2.45, 2.75) is 31.9 Å². The van der Waals surface area contributed by atoms with Gasteiger partial charge in [-0.2, -0.15) is 0 Å². The van der Waals surface area contributed by atoms with E-state index in [1.807, 2.05) is 13.0 Å². The van der Waals surface area contributed by atoms with Crippen LogP contribution in [0.15, 0.2) is 18.3 Å². The number of hydrogen-bond donors (Lipinski definition) is 2. The Bertz CT molecular complexity index is 365. The van der Waals surface area contributed by atoms with Gasteiger partial charge in [0.2, 0.25) is 0 Å². The van der Waals surface area contributed by atoms with E-state index >= 15 is 0 Å². The first-order valence-corrected chi connectivity index (χ1v) is 5.70. The predicted molar refractivity (Wildman–Crippen MR) is 63.8 cm³/mol. The molecule has 0 amide bonds. The molecule has 16 heavy (non-hydrogen) atoms. The quantitative estimate of drug-likeness (QED) is 0.782. The molecule has 0 spiro atoms. The van der Waals surface area contributed by atoms with Gasteiger partial charge < -0.3 is 10.8 Å². The third-order valence-corrected chi connectivity index (χ3v) is 2.98. The Kier molecular flexibility index (Phi) is 3.12. The van der Waals surface area contributed by atoms with Gasteiger partial charge >= 0.3 is 0 Å². The van der Waals surface area contributed by atoms with Crippen LogP contribution in [-0.4, -0.2) is 33.7 Å². The zero-order valence-electron chi connectivity index (χ0n) is 9.69. The molecule has 0 saturated carbocycles. The highest BCUT2D eigenvalue weighted by atomic mass is 16.3.